The van der Waals surface area contributed by atoms with Crippen LogP contribution in [0.3, 0.4) is 0 Å². The van der Waals surface area contributed by atoms with Gasteiger partial charge in [0, 0.05) is 65.7 Å². The van der Waals surface area contributed by atoms with Gasteiger partial charge in [-0.15, -0.1) is 11.3 Å². The predicted octanol–water partition coefficient (Wildman–Crippen LogP) is 22.8. The lowest BCUT2D eigenvalue weighted by Crippen LogP contribution is -2.60. The zero-order chi connectivity index (χ0) is 63.2. The summed E-state index contributed by atoms with van der Waals surface area (Å²) in [4.78, 5) is 8.21. The molecule has 9 aliphatic rings. The second-order valence-electron chi connectivity index (χ2n) is 33.4. The Kier molecular flexibility index (Phi) is 12.9. The smallest absolute Gasteiger partial charge is 0.264 e. The van der Waals surface area contributed by atoms with Crippen LogP contribution in [0.1, 0.15) is 191 Å². The van der Waals surface area contributed by atoms with Gasteiger partial charge < -0.3 is 14.7 Å². The van der Waals surface area contributed by atoms with Gasteiger partial charge in [0.15, 0.2) is 0 Å². The first-order chi connectivity index (χ1) is 44.8. The third-order valence-electron chi connectivity index (χ3n) is 25.0. The highest BCUT2D eigenvalue weighted by Gasteiger charge is 2.62. The average molecular weight is 1230 g/mol. The first-order valence-corrected chi connectivity index (χ1v) is 36.6. The van der Waals surface area contributed by atoms with E-state index < -0.39 is 0 Å². The quantitative estimate of drug-likeness (QED) is 0.147. The van der Waals surface area contributed by atoms with E-state index in [1.807, 2.05) is 0 Å². The maximum absolute atomic E-state index is 2.83. The Morgan fingerprint density at radius 1 is 0.484 bits per heavy atom. The predicted molar refractivity (Wildman–Crippen MR) is 398 cm³/mol. The molecule has 4 bridgehead atoms. The Hall–Kier alpha value is -7.60. The molecular weight excluding hydrogens is 1140 g/mol. The van der Waals surface area contributed by atoms with Crippen LogP contribution in [0.2, 0.25) is 0 Å². The maximum atomic E-state index is 2.83. The fourth-order valence-corrected chi connectivity index (χ4v) is 21.7. The Labute approximate surface area is 558 Å². The van der Waals surface area contributed by atoms with Gasteiger partial charge in [-0.25, -0.2) is 0 Å². The van der Waals surface area contributed by atoms with Crippen molar-refractivity contribution in [2.24, 2.45) is 23.7 Å². The third kappa shape index (κ3) is 8.79. The Morgan fingerprint density at radius 2 is 1.06 bits per heavy atom. The normalized spacial score (nSPS) is 22.8. The molecule has 0 saturated heterocycles. The van der Waals surface area contributed by atoms with Crippen molar-refractivity contribution in [1.29, 1.82) is 0 Å². The highest BCUT2D eigenvalue weighted by molar-refractivity contribution is 7.33. The van der Waals surface area contributed by atoms with E-state index >= 15 is 0 Å². The van der Waals surface area contributed by atoms with Crippen molar-refractivity contribution in [2.75, 3.05) is 14.7 Å². The zero-order valence-corrected chi connectivity index (χ0v) is 57.4. The van der Waals surface area contributed by atoms with Crippen molar-refractivity contribution in [3.05, 3.63) is 227 Å². The third-order valence-corrected chi connectivity index (χ3v) is 26.2. The lowest BCUT2D eigenvalue weighted by Gasteiger charge is -2.61. The SMILES string of the molecule is CC(C)(C)c1ccc(N(c2ccc3c(c2)N(c2ccc4c(c2)C2(c5ccccc5-4)C4CC5CC(C4)CC2C5)c2cc(C4CCCCC4)cc4c2B3c2sc3cc5c(cc3c2N4c2ccc(C(C)(C)C)cc2)C(C)(C)CCC5(C)C)c2ccccc2-c2ccccc2)cc1. The van der Waals surface area contributed by atoms with Crippen LogP contribution in [-0.2, 0) is 27.1 Å². The van der Waals surface area contributed by atoms with Crippen LogP contribution in [0.4, 0.5) is 51.2 Å². The molecule has 5 fully saturated rings. The summed E-state index contributed by atoms with van der Waals surface area (Å²) in [7, 11) is 0. The van der Waals surface area contributed by atoms with E-state index in [9.17, 15) is 0 Å². The molecular formula is C88H90BN3S. The molecule has 5 heteroatoms. The Balaban J connectivity index is 0.944. The molecule has 0 amide bonds. The van der Waals surface area contributed by atoms with Crippen molar-refractivity contribution in [3.63, 3.8) is 0 Å². The molecule has 10 aromatic rings. The van der Waals surface area contributed by atoms with Gasteiger partial charge in [0.2, 0.25) is 0 Å². The van der Waals surface area contributed by atoms with Crippen molar-refractivity contribution < 1.29 is 0 Å². The van der Waals surface area contributed by atoms with Crippen LogP contribution in [0, 0.1) is 23.7 Å². The van der Waals surface area contributed by atoms with Gasteiger partial charge >= 0.3 is 0 Å². The molecule has 0 radical (unpaired) electrons. The van der Waals surface area contributed by atoms with E-state index in [1.165, 1.54) is 193 Å². The molecule has 2 aliphatic heterocycles. The first kappa shape index (κ1) is 58.0. The van der Waals surface area contributed by atoms with Crippen LogP contribution >= 0.6 is 11.3 Å². The van der Waals surface area contributed by atoms with E-state index in [4.69, 9.17) is 0 Å². The van der Waals surface area contributed by atoms with Crippen molar-refractivity contribution in [3.8, 4) is 22.3 Å². The molecule has 0 N–H and O–H groups in total. The fourth-order valence-electron chi connectivity index (χ4n) is 20.4. The number of nitrogens with zero attached hydrogens (tertiary/aromatic N) is 3. The summed E-state index contributed by atoms with van der Waals surface area (Å²) < 4.78 is 2.86. The minimum absolute atomic E-state index is 0.00938. The molecule has 93 heavy (non-hydrogen) atoms. The number of hydrogen-bond donors (Lipinski definition) is 0. The van der Waals surface area contributed by atoms with Crippen LogP contribution in [-0.4, -0.2) is 6.71 Å². The fraction of sp³-hybridized carbons (Fsp3) is 0.364. The highest BCUT2D eigenvalue weighted by Crippen LogP contribution is 2.70. The van der Waals surface area contributed by atoms with Gasteiger partial charge in [0.05, 0.1) is 11.4 Å². The summed E-state index contributed by atoms with van der Waals surface area (Å²) >= 11 is 2.08. The topological polar surface area (TPSA) is 9.72 Å². The maximum Gasteiger partial charge on any atom is 0.264 e. The molecule has 0 atom stereocenters. The van der Waals surface area contributed by atoms with Crippen LogP contribution in [0.25, 0.3) is 32.3 Å². The highest BCUT2D eigenvalue weighted by atomic mass is 32.1. The number of fused-ring (bicyclic) bond motifs is 10. The van der Waals surface area contributed by atoms with E-state index in [0.717, 1.165) is 23.2 Å². The zero-order valence-electron chi connectivity index (χ0n) is 56.6. The number of rotatable bonds is 7. The summed E-state index contributed by atoms with van der Waals surface area (Å²) in [6, 6.07) is 75.8. The summed E-state index contributed by atoms with van der Waals surface area (Å²) in [6.07, 6.45) is 15.6. The summed E-state index contributed by atoms with van der Waals surface area (Å²) in [6.45, 7) is 24.1. The van der Waals surface area contributed by atoms with Crippen LogP contribution in [0.15, 0.2) is 188 Å². The lowest BCUT2D eigenvalue weighted by molar-refractivity contribution is -0.0399. The molecule has 5 saturated carbocycles. The van der Waals surface area contributed by atoms with E-state index in [0.29, 0.717) is 17.8 Å². The summed E-state index contributed by atoms with van der Waals surface area (Å²) in [5.41, 5.74) is 30.3. The molecule has 3 nitrogen and oxygen atoms in total. The largest absolute Gasteiger partial charge is 0.311 e. The van der Waals surface area contributed by atoms with E-state index in [1.54, 1.807) is 11.1 Å². The molecule has 466 valence electrons. The van der Waals surface area contributed by atoms with Crippen molar-refractivity contribution in [1.82, 2.24) is 0 Å². The van der Waals surface area contributed by atoms with Crippen LogP contribution < -0.4 is 30.4 Å². The number of para-hydroxylation sites is 1. The molecule has 7 aliphatic carbocycles. The summed E-state index contributed by atoms with van der Waals surface area (Å²) in [5.74, 6) is 3.53. The van der Waals surface area contributed by atoms with Gasteiger partial charge in [-0.3, -0.25) is 0 Å². The molecule has 19 rings (SSSR count). The number of benzene rings is 9. The molecule has 1 spiro atoms. The minimum atomic E-state index is -0.0168. The van der Waals surface area contributed by atoms with Crippen molar-refractivity contribution >= 4 is 95.0 Å². The molecule has 3 heterocycles. The second kappa shape index (κ2) is 20.7. The Bertz CT molecular complexity index is 4630. The minimum Gasteiger partial charge on any atom is -0.311 e. The van der Waals surface area contributed by atoms with Gasteiger partial charge in [-0.05, 0) is 254 Å². The van der Waals surface area contributed by atoms with Crippen molar-refractivity contribution in [2.45, 2.75) is 179 Å². The van der Waals surface area contributed by atoms with Crippen LogP contribution in [0.5, 0.6) is 0 Å². The Morgan fingerprint density at radius 3 is 1.74 bits per heavy atom. The van der Waals surface area contributed by atoms with Gasteiger partial charge in [0.1, 0.15) is 0 Å². The first-order valence-electron chi connectivity index (χ1n) is 35.8. The molecule has 1 aromatic heterocycles. The molecule has 9 aromatic carbocycles. The van der Waals surface area contributed by atoms with Gasteiger partial charge in [-0.2, -0.15) is 0 Å². The standard InChI is InChI=1S/C88H90BN3S/c1-84(2,3)59-29-33-63(34-30-59)90(76-28-20-18-25-67(76)57-23-15-12-16-24-57)66-38-40-75-77(51-66)91(65-37-39-69-68-26-17-19-27-71(68)88(72(69)50-65)61-44-54-43-55(46-61)47-62(88)45-54)78-48-58(56-21-13-11-14-22-56)49-79-81(78)89(75)83-82(92(79)64-35-31-60(32-36-64)85(4,5)6)70-52-73-74(53-80(70)93-83)87(9,10)42-41-86(73,7)8/h12,15-20,23-40,48-56,61-62H,11,13-14,21-22,41-47H2,1-10H3. The lowest BCUT2D eigenvalue weighted by atomic mass is 9.36. The van der Waals surface area contributed by atoms with Gasteiger partial charge in [0.25, 0.3) is 6.71 Å². The number of anilines is 9. The number of thiophene rings is 1. The number of hydrogen-bond acceptors (Lipinski definition) is 4. The molecule has 0 unspecified atom stereocenters. The second-order valence-corrected chi connectivity index (χ2v) is 34.5. The van der Waals surface area contributed by atoms with E-state index in [-0.39, 0.29) is 33.8 Å². The van der Waals surface area contributed by atoms with Gasteiger partial charge in [-0.1, -0.05) is 198 Å². The summed E-state index contributed by atoms with van der Waals surface area (Å²) in [5, 5.41) is 1.40. The van der Waals surface area contributed by atoms with E-state index in [2.05, 4.69) is 283 Å². The average Bonchev–Trinajstić information content (AvgIpc) is 1.62. The monoisotopic (exact) mass is 1230 g/mol.